The number of rotatable bonds is 4. The number of ether oxygens (including phenoxy) is 1. The van der Waals surface area contributed by atoms with Crippen molar-refractivity contribution >= 4 is 33.4 Å². The summed E-state index contributed by atoms with van der Waals surface area (Å²) >= 11 is 1.42. The molecule has 2 aromatic heterocycles. The van der Waals surface area contributed by atoms with Crippen LogP contribution in [0.3, 0.4) is 0 Å². The molecule has 31 heavy (non-hydrogen) atoms. The molecule has 0 radical (unpaired) electrons. The maximum atomic E-state index is 13.0. The molecule has 0 saturated heterocycles. The van der Waals surface area contributed by atoms with Gasteiger partial charge in [0.2, 0.25) is 0 Å². The van der Waals surface area contributed by atoms with Crippen LogP contribution in [0.15, 0.2) is 65.5 Å². The monoisotopic (exact) mass is 426 g/mol. The molecular weight excluding hydrogens is 404 g/mol. The lowest BCUT2D eigenvalue weighted by Crippen LogP contribution is -2.22. The molecular formula is C26H22N2O2S. The van der Waals surface area contributed by atoms with Crippen LogP contribution in [0.5, 0.6) is 5.75 Å². The molecule has 5 rings (SSSR count). The molecule has 0 aliphatic carbocycles. The predicted octanol–water partition coefficient (Wildman–Crippen LogP) is 4.96. The van der Waals surface area contributed by atoms with E-state index in [2.05, 4.69) is 44.0 Å². The normalized spacial score (nSPS) is 12.2. The van der Waals surface area contributed by atoms with E-state index in [0.717, 1.165) is 38.4 Å². The highest BCUT2D eigenvalue weighted by molar-refractivity contribution is 7.15. The Kier molecular flexibility index (Phi) is 4.83. The van der Waals surface area contributed by atoms with Gasteiger partial charge in [-0.25, -0.2) is 9.38 Å². The number of benzene rings is 3. The lowest BCUT2D eigenvalue weighted by Gasteiger charge is -2.07. The second kappa shape index (κ2) is 7.67. The summed E-state index contributed by atoms with van der Waals surface area (Å²) in [4.78, 5) is 18.4. The molecule has 2 heterocycles. The van der Waals surface area contributed by atoms with Crippen molar-refractivity contribution in [2.45, 2.75) is 27.4 Å². The summed E-state index contributed by atoms with van der Waals surface area (Å²) in [6.07, 6.45) is 1.92. The van der Waals surface area contributed by atoms with Gasteiger partial charge in [-0.1, -0.05) is 53.3 Å². The van der Waals surface area contributed by atoms with Gasteiger partial charge in [0.1, 0.15) is 12.4 Å². The second-order valence-electron chi connectivity index (χ2n) is 7.92. The zero-order chi connectivity index (χ0) is 21.5. The summed E-state index contributed by atoms with van der Waals surface area (Å²) in [5, 5.41) is 0. The highest BCUT2D eigenvalue weighted by Gasteiger charge is 2.12. The molecule has 3 aromatic carbocycles. The fourth-order valence-electron chi connectivity index (χ4n) is 3.70. The van der Waals surface area contributed by atoms with Gasteiger partial charge in [0.05, 0.1) is 15.6 Å². The molecule has 0 atom stereocenters. The van der Waals surface area contributed by atoms with E-state index in [1.54, 1.807) is 4.40 Å². The number of fused-ring (bicyclic) bond motifs is 3. The van der Waals surface area contributed by atoms with Crippen molar-refractivity contribution in [3.05, 3.63) is 103 Å². The minimum Gasteiger partial charge on any atom is -0.489 e. The molecule has 0 unspecified atom stereocenters. The number of thiazole rings is 1. The Balaban J connectivity index is 1.43. The van der Waals surface area contributed by atoms with Crippen LogP contribution in [0.1, 0.15) is 27.8 Å². The molecule has 4 nitrogen and oxygen atoms in total. The highest BCUT2D eigenvalue weighted by Crippen LogP contribution is 2.21. The second-order valence-corrected chi connectivity index (χ2v) is 8.93. The summed E-state index contributed by atoms with van der Waals surface area (Å²) in [6.45, 7) is 6.73. The first kappa shape index (κ1) is 19.5. The Hall–Kier alpha value is -3.44. The Morgan fingerprint density at radius 3 is 2.55 bits per heavy atom. The van der Waals surface area contributed by atoms with Gasteiger partial charge < -0.3 is 4.74 Å². The van der Waals surface area contributed by atoms with E-state index in [1.807, 2.05) is 48.5 Å². The van der Waals surface area contributed by atoms with Crippen LogP contribution < -0.4 is 14.8 Å². The van der Waals surface area contributed by atoms with Gasteiger partial charge in [-0.3, -0.25) is 4.79 Å². The zero-order valence-corrected chi connectivity index (χ0v) is 18.5. The summed E-state index contributed by atoms with van der Waals surface area (Å²) in [5.74, 6) is 0.804. The molecule has 0 fully saturated rings. The molecule has 0 bridgehead atoms. The van der Waals surface area contributed by atoms with Crippen molar-refractivity contribution in [3.63, 3.8) is 0 Å². The van der Waals surface area contributed by atoms with E-state index in [1.165, 1.54) is 22.5 Å². The van der Waals surface area contributed by atoms with Gasteiger partial charge in [0.25, 0.3) is 5.56 Å². The van der Waals surface area contributed by atoms with Gasteiger partial charge >= 0.3 is 0 Å². The Labute approximate surface area is 184 Å². The van der Waals surface area contributed by atoms with Crippen LogP contribution in [0.2, 0.25) is 0 Å². The van der Waals surface area contributed by atoms with E-state index in [4.69, 9.17) is 4.74 Å². The Morgan fingerprint density at radius 2 is 1.77 bits per heavy atom. The van der Waals surface area contributed by atoms with Crippen LogP contribution in [-0.4, -0.2) is 9.38 Å². The average Bonchev–Trinajstić information content (AvgIpc) is 3.24. The molecule has 5 aromatic rings. The molecule has 0 amide bonds. The molecule has 154 valence electrons. The molecule has 0 spiro atoms. The fourth-order valence-corrected chi connectivity index (χ4v) is 4.69. The summed E-state index contributed by atoms with van der Waals surface area (Å²) < 4.78 is 8.29. The van der Waals surface area contributed by atoms with Crippen molar-refractivity contribution in [3.8, 4) is 5.75 Å². The topological polar surface area (TPSA) is 43.6 Å². The third-order valence-electron chi connectivity index (χ3n) is 5.52. The van der Waals surface area contributed by atoms with Crippen LogP contribution in [-0.2, 0) is 6.61 Å². The fraction of sp³-hybridized carbons (Fsp3) is 0.154. The molecule has 0 N–H and O–H groups in total. The van der Waals surface area contributed by atoms with E-state index in [9.17, 15) is 4.79 Å². The minimum absolute atomic E-state index is 0.0227. The van der Waals surface area contributed by atoms with Crippen molar-refractivity contribution < 1.29 is 4.74 Å². The first-order chi connectivity index (χ1) is 15.0. The van der Waals surface area contributed by atoms with Crippen molar-refractivity contribution in [2.75, 3.05) is 0 Å². The van der Waals surface area contributed by atoms with Crippen LogP contribution in [0.4, 0.5) is 0 Å². The van der Waals surface area contributed by atoms with E-state index in [0.29, 0.717) is 11.1 Å². The Morgan fingerprint density at radius 1 is 1.00 bits per heavy atom. The van der Waals surface area contributed by atoms with Gasteiger partial charge in [0.15, 0.2) is 4.96 Å². The summed E-state index contributed by atoms with van der Waals surface area (Å²) in [5.41, 5.74) is 7.39. The predicted molar refractivity (Wildman–Crippen MR) is 127 cm³/mol. The van der Waals surface area contributed by atoms with Gasteiger partial charge in [-0.15, -0.1) is 0 Å². The quantitative estimate of drug-likeness (QED) is 0.408. The standard InChI is InChI=1S/C26H22N2O2S/c1-16-5-4-6-20(11-16)15-30-21-9-7-19(8-10-21)14-24-25(29)28-23-13-18(3)17(2)12-22(23)27-26(28)31-24/h4-14H,15H2,1-3H3/b24-14-. The molecule has 0 saturated carbocycles. The molecule has 0 aliphatic rings. The zero-order valence-electron chi connectivity index (χ0n) is 17.7. The number of aryl methyl sites for hydroxylation is 3. The van der Waals surface area contributed by atoms with Gasteiger partial charge in [0, 0.05) is 0 Å². The third kappa shape index (κ3) is 3.73. The maximum Gasteiger partial charge on any atom is 0.274 e. The lowest BCUT2D eigenvalue weighted by molar-refractivity contribution is 0.306. The Bertz CT molecular complexity index is 1530. The SMILES string of the molecule is Cc1cccc(COc2ccc(/C=c3\sc4nc5cc(C)c(C)cc5n4c3=O)cc2)c1. The van der Waals surface area contributed by atoms with Crippen molar-refractivity contribution in [2.24, 2.45) is 0 Å². The van der Waals surface area contributed by atoms with E-state index < -0.39 is 0 Å². The van der Waals surface area contributed by atoms with Crippen LogP contribution in [0.25, 0.3) is 22.1 Å². The smallest absolute Gasteiger partial charge is 0.274 e. The molecule has 0 aliphatic heterocycles. The third-order valence-corrected chi connectivity index (χ3v) is 6.49. The maximum absolute atomic E-state index is 13.0. The van der Waals surface area contributed by atoms with Crippen molar-refractivity contribution in [1.29, 1.82) is 0 Å². The average molecular weight is 427 g/mol. The number of imidazole rings is 1. The summed E-state index contributed by atoms with van der Waals surface area (Å²) in [6, 6.07) is 20.2. The largest absolute Gasteiger partial charge is 0.489 e. The number of aromatic nitrogens is 2. The van der Waals surface area contributed by atoms with Gasteiger partial charge in [-0.05, 0) is 73.4 Å². The van der Waals surface area contributed by atoms with Gasteiger partial charge in [-0.2, -0.15) is 0 Å². The first-order valence-corrected chi connectivity index (χ1v) is 11.0. The number of hydrogen-bond donors (Lipinski definition) is 0. The highest BCUT2D eigenvalue weighted by atomic mass is 32.1. The summed E-state index contributed by atoms with van der Waals surface area (Å²) in [7, 11) is 0. The number of nitrogens with zero attached hydrogens (tertiary/aromatic N) is 2. The van der Waals surface area contributed by atoms with E-state index >= 15 is 0 Å². The first-order valence-electron chi connectivity index (χ1n) is 10.2. The van der Waals surface area contributed by atoms with Crippen LogP contribution in [0, 0.1) is 20.8 Å². The van der Waals surface area contributed by atoms with E-state index in [-0.39, 0.29) is 5.56 Å². The van der Waals surface area contributed by atoms with Crippen molar-refractivity contribution in [1.82, 2.24) is 9.38 Å². The number of hydrogen-bond acceptors (Lipinski definition) is 4. The van der Waals surface area contributed by atoms with Crippen LogP contribution >= 0.6 is 11.3 Å². The lowest BCUT2D eigenvalue weighted by atomic mass is 10.1. The molecule has 5 heteroatoms. The minimum atomic E-state index is -0.0227.